The molecule has 0 radical (unpaired) electrons. The van der Waals surface area contributed by atoms with Crippen LogP contribution in [0.2, 0.25) is 0 Å². The monoisotopic (exact) mass is 427 g/mol. The smallest absolute Gasteiger partial charge is 0.253 e. The third-order valence-corrected chi connectivity index (χ3v) is 7.20. The van der Waals surface area contributed by atoms with Crippen molar-refractivity contribution < 1.29 is 0 Å². The van der Waals surface area contributed by atoms with Crippen LogP contribution in [0.15, 0.2) is 47.4 Å². The second-order valence-corrected chi connectivity index (χ2v) is 9.42. The molecule has 0 bridgehead atoms. The largest absolute Gasteiger partial charge is 0.307 e. The Morgan fingerprint density at radius 3 is 2.78 bits per heavy atom. The van der Waals surface area contributed by atoms with E-state index >= 15 is 0 Å². The van der Waals surface area contributed by atoms with E-state index in [9.17, 15) is 4.79 Å². The SMILES string of the molecule is O=c1[nH]c2c(c(C3=CC=C3)nn2CC2CCCN(Cc3ccccn3)C2)c2c1CCCC2. The Morgan fingerprint density at radius 2 is 2.00 bits per heavy atom. The third-order valence-electron chi connectivity index (χ3n) is 7.20. The van der Waals surface area contributed by atoms with E-state index in [0.29, 0.717) is 5.92 Å². The summed E-state index contributed by atoms with van der Waals surface area (Å²) in [7, 11) is 0. The van der Waals surface area contributed by atoms with Crippen molar-refractivity contribution in [2.75, 3.05) is 13.1 Å². The summed E-state index contributed by atoms with van der Waals surface area (Å²) >= 11 is 0. The molecule has 6 heteroatoms. The fourth-order valence-electron chi connectivity index (χ4n) is 5.58. The summed E-state index contributed by atoms with van der Waals surface area (Å²) in [5.41, 5.74) is 6.55. The maximum Gasteiger partial charge on any atom is 0.253 e. The highest BCUT2D eigenvalue weighted by Crippen LogP contribution is 2.34. The number of allylic oxidation sites excluding steroid dienone is 4. The van der Waals surface area contributed by atoms with E-state index < -0.39 is 0 Å². The average Bonchev–Trinajstić information content (AvgIpc) is 3.11. The molecule has 2 aliphatic carbocycles. The first kappa shape index (κ1) is 19.7. The lowest BCUT2D eigenvalue weighted by Crippen LogP contribution is -2.37. The first-order chi connectivity index (χ1) is 15.8. The second-order valence-electron chi connectivity index (χ2n) is 9.42. The van der Waals surface area contributed by atoms with Crippen LogP contribution in [0.25, 0.3) is 16.6 Å². The Morgan fingerprint density at radius 1 is 1.12 bits per heavy atom. The van der Waals surface area contributed by atoms with E-state index in [1.165, 1.54) is 29.4 Å². The molecule has 6 nitrogen and oxygen atoms in total. The van der Waals surface area contributed by atoms with Gasteiger partial charge in [0.05, 0.1) is 5.69 Å². The summed E-state index contributed by atoms with van der Waals surface area (Å²) in [6.45, 7) is 3.87. The Kier molecular flexibility index (Phi) is 5.02. The number of fused-ring (bicyclic) bond motifs is 3. The molecule has 0 saturated carbocycles. The quantitative estimate of drug-likeness (QED) is 0.671. The first-order valence-electron chi connectivity index (χ1n) is 11.9. The van der Waals surface area contributed by atoms with Crippen molar-refractivity contribution >= 4 is 16.6 Å². The summed E-state index contributed by atoms with van der Waals surface area (Å²) in [4.78, 5) is 23.1. The van der Waals surface area contributed by atoms with Gasteiger partial charge in [-0.15, -0.1) is 0 Å². The lowest BCUT2D eigenvalue weighted by molar-refractivity contribution is 0.152. The lowest BCUT2D eigenvalue weighted by Gasteiger charge is -2.32. The number of likely N-dealkylation sites (tertiary alicyclic amines) is 1. The van der Waals surface area contributed by atoms with Crippen LogP contribution in [0.3, 0.4) is 0 Å². The molecule has 1 fully saturated rings. The van der Waals surface area contributed by atoms with Gasteiger partial charge in [0.25, 0.3) is 5.56 Å². The number of nitrogens with one attached hydrogen (secondary N) is 1. The van der Waals surface area contributed by atoms with Crippen LogP contribution < -0.4 is 5.56 Å². The van der Waals surface area contributed by atoms with Crippen molar-refractivity contribution in [2.24, 2.45) is 5.92 Å². The van der Waals surface area contributed by atoms with Gasteiger partial charge in [-0.3, -0.25) is 14.7 Å². The molecule has 1 saturated heterocycles. The van der Waals surface area contributed by atoms with Crippen LogP contribution in [0, 0.1) is 5.92 Å². The Hall–Kier alpha value is -2.99. The van der Waals surface area contributed by atoms with Crippen molar-refractivity contribution in [3.8, 4) is 0 Å². The number of pyridine rings is 2. The van der Waals surface area contributed by atoms with Crippen LogP contribution in [0.5, 0.6) is 0 Å². The van der Waals surface area contributed by atoms with Gasteiger partial charge in [0.2, 0.25) is 0 Å². The minimum Gasteiger partial charge on any atom is -0.307 e. The maximum atomic E-state index is 12.9. The molecular formula is C26H29N5O. The van der Waals surface area contributed by atoms with Gasteiger partial charge >= 0.3 is 0 Å². The van der Waals surface area contributed by atoms with E-state index in [-0.39, 0.29) is 5.56 Å². The average molecular weight is 428 g/mol. The van der Waals surface area contributed by atoms with Crippen molar-refractivity contribution in [2.45, 2.75) is 51.6 Å². The number of aromatic amines is 1. The number of aromatic nitrogens is 4. The number of rotatable bonds is 5. The molecule has 3 aromatic rings. The number of hydrogen-bond donors (Lipinski definition) is 1. The van der Waals surface area contributed by atoms with Gasteiger partial charge < -0.3 is 4.98 Å². The molecule has 1 atom stereocenters. The number of piperidine rings is 1. The highest BCUT2D eigenvalue weighted by molar-refractivity contribution is 5.96. The molecule has 0 amide bonds. The van der Waals surface area contributed by atoms with E-state index in [2.05, 4.69) is 49.9 Å². The lowest BCUT2D eigenvalue weighted by atomic mass is 9.89. The maximum absolute atomic E-state index is 12.9. The van der Waals surface area contributed by atoms with Crippen LogP contribution in [-0.2, 0) is 25.9 Å². The van der Waals surface area contributed by atoms with Gasteiger partial charge in [-0.25, -0.2) is 4.68 Å². The summed E-state index contributed by atoms with van der Waals surface area (Å²) in [6, 6.07) is 6.13. The summed E-state index contributed by atoms with van der Waals surface area (Å²) in [6.07, 6.45) is 14.7. The molecule has 4 heterocycles. The van der Waals surface area contributed by atoms with Crippen LogP contribution >= 0.6 is 0 Å². The van der Waals surface area contributed by atoms with Gasteiger partial charge in [-0.2, -0.15) is 5.10 Å². The highest BCUT2D eigenvalue weighted by Gasteiger charge is 2.27. The van der Waals surface area contributed by atoms with E-state index in [0.717, 1.165) is 74.5 Å². The predicted octanol–water partition coefficient (Wildman–Crippen LogP) is 3.86. The van der Waals surface area contributed by atoms with Gasteiger partial charge in [0.15, 0.2) is 0 Å². The molecule has 3 aliphatic rings. The minimum atomic E-state index is 0.0819. The standard InChI is InChI=1S/C26H29N5O/c32-26-22-12-2-1-11-21(22)23-24(19-8-5-9-19)29-31(25(23)28-26)16-18-7-6-14-30(15-18)17-20-10-3-4-13-27-20/h3-5,8-10,13,18H,1-2,6-7,11-12,14-17H2,(H,28,32). The Balaban J connectivity index is 1.32. The van der Waals surface area contributed by atoms with E-state index in [1.807, 2.05) is 12.3 Å². The first-order valence-corrected chi connectivity index (χ1v) is 11.9. The summed E-state index contributed by atoms with van der Waals surface area (Å²) in [5.74, 6) is 0.508. The molecule has 6 rings (SSSR count). The van der Waals surface area contributed by atoms with Crippen molar-refractivity contribution in [1.82, 2.24) is 24.6 Å². The molecular weight excluding hydrogens is 398 g/mol. The molecule has 3 aromatic heterocycles. The zero-order valence-electron chi connectivity index (χ0n) is 18.4. The van der Waals surface area contributed by atoms with Gasteiger partial charge in [-0.1, -0.05) is 24.3 Å². The minimum absolute atomic E-state index is 0.0819. The van der Waals surface area contributed by atoms with Gasteiger partial charge in [-0.05, 0) is 68.7 Å². The fourth-order valence-corrected chi connectivity index (χ4v) is 5.58. The second kappa shape index (κ2) is 8.17. The molecule has 164 valence electrons. The van der Waals surface area contributed by atoms with E-state index in [1.54, 1.807) is 0 Å². The zero-order chi connectivity index (χ0) is 21.5. The molecule has 0 spiro atoms. The number of nitrogens with zero attached hydrogens (tertiary/aromatic N) is 4. The molecule has 0 aromatic carbocycles. The normalized spacial score (nSPS) is 20.8. The zero-order valence-corrected chi connectivity index (χ0v) is 18.4. The molecule has 1 N–H and O–H groups in total. The summed E-state index contributed by atoms with van der Waals surface area (Å²) < 4.78 is 2.09. The van der Waals surface area contributed by atoms with Crippen LogP contribution in [-0.4, -0.2) is 37.7 Å². The van der Waals surface area contributed by atoms with Gasteiger partial charge in [0, 0.05) is 42.4 Å². The number of H-pyrrole nitrogens is 1. The molecule has 1 unspecified atom stereocenters. The van der Waals surface area contributed by atoms with Gasteiger partial charge in [0.1, 0.15) is 11.3 Å². The number of hydrogen-bond acceptors (Lipinski definition) is 4. The predicted molar refractivity (Wildman–Crippen MR) is 126 cm³/mol. The Bertz CT molecular complexity index is 1270. The topological polar surface area (TPSA) is 66.8 Å². The van der Waals surface area contributed by atoms with Crippen molar-refractivity contribution in [1.29, 1.82) is 0 Å². The third kappa shape index (κ3) is 3.52. The van der Waals surface area contributed by atoms with Crippen molar-refractivity contribution in [3.63, 3.8) is 0 Å². The summed E-state index contributed by atoms with van der Waals surface area (Å²) in [5, 5.41) is 6.24. The molecule has 1 aliphatic heterocycles. The molecule has 32 heavy (non-hydrogen) atoms. The van der Waals surface area contributed by atoms with Crippen molar-refractivity contribution in [3.05, 3.63) is 75.5 Å². The van der Waals surface area contributed by atoms with Crippen LogP contribution in [0.1, 0.15) is 48.2 Å². The number of aryl methyl sites for hydroxylation is 1. The Labute approximate surface area is 187 Å². The van der Waals surface area contributed by atoms with Crippen LogP contribution in [0.4, 0.5) is 0 Å². The highest BCUT2D eigenvalue weighted by atomic mass is 16.1. The fraction of sp³-hybridized carbons (Fsp3) is 0.423. The van der Waals surface area contributed by atoms with E-state index in [4.69, 9.17) is 5.10 Å².